The van der Waals surface area contributed by atoms with Crippen LogP contribution < -0.4 is 0 Å². The van der Waals surface area contributed by atoms with E-state index in [4.69, 9.17) is 10.5 Å². The van der Waals surface area contributed by atoms with Gasteiger partial charge < -0.3 is 0 Å². The monoisotopic (exact) mass is 802 g/mol. The van der Waals surface area contributed by atoms with E-state index in [9.17, 15) is 0 Å². The van der Waals surface area contributed by atoms with Gasteiger partial charge in [0.15, 0.2) is 0 Å². The number of hydrogen-bond acceptors (Lipinski definition) is 13. The molecule has 273 valence electrons. The van der Waals surface area contributed by atoms with Crippen LogP contribution in [0.25, 0.3) is 34.2 Å². The van der Waals surface area contributed by atoms with Gasteiger partial charge in [-0.15, -0.1) is 30.6 Å². The number of H-pyrrole nitrogens is 1. The maximum atomic E-state index is 8.41. The van der Waals surface area contributed by atoms with Crippen molar-refractivity contribution in [3.8, 4) is 46.3 Å². The average Bonchev–Trinajstić information content (AvgIpc) is 3.97. The number of halogens is 1. The third kappa shape index (κ3) is 16.4. The van der Waals surface area contributed by atoms with E-state index in [1.54, 1.807) is 26.2 Å². The van der Waals surface area contributed by atoms with E-state index >= 15 is 0 Å². The van der Waals surface area contributed by atoms with Crippen LogP contribution >= 0.6 is 28.7 Å². The van der Waals surface area contributed by atoms with E-state index in [0.717, 1.165) is 33.1 Å². The average molecular weight is 804 g/mol. The third-order valence-corrected chi connectivity index (χ3v) is 7.05. The van der Waals surface area contributed by atoms with Crippen LogP contribution in [-0.2, 0) is 19.4 Å². The molecule has 1 radical (unpaired) electrons. The van der Waals surface area contributed by atoms with Crippen molar-refractivity contribution in [1.29, 1.82) is 10.5 Å². The van der Waals surface area contributed by atoms with E-state index in [0.29, 0.717) is 17.5 Å². The molecule has 0 aliphatic carbocycles. The Bertz CT molecular complexity index is 2220. The summed E-state index contributed by atoms with van der Waals surface area (Å²) in [6, 6.07) is 35.4. The van der Waals surface area contributed by atoms with Gasteiger partial charge in [0.25, 0.3) is 0 Å². The summed E-state index contributed by atoms with van der Waals surface area (Å²) in [5.74, 6) is 1.97. The number of rotatable bonds is 4. The van der Waals surface area contributed by atoms with E-state index in [-0.39, 0.29) is 0 Å². The number of alkyl halides is 1. The van der Waals surface area contributed by atoms with Crippen molar-refractivity contribution in [2.24, 2.45) is 18.4 Å². The van der Waals surface area contributed by atoms with Gasteiger partial charge in [0.05, 0.1) is 31.8 Å². The second-order valence-electron chi connectivity index (χ2n) is 10.8. The van der Waals surface area contributed by atoms with Gasteiger partial charge >= 0.3 is 24.8 Å². The van der Waals surface area contributed by atoms with Gasteiger partial charge in [0.2, 0.25) is 17.5 Å². The Kier molecular flexibility index (Phi) is 20.2. The summed E-state index contributed by atoms with van der Waals surface area (Å²) >= 11 is 6.60. The summed E-state index contributed by atoms with van der Waals surface area (Å²) in [6.07, 6.45) is 0. The van der Waals surface area contributed by atoms with Crippen molar-refractivity contribution in [2.45, 2.75) is 33.0 Å². The molecular weight excluding hydrogens is 765 g/mol. The number of tetrazole rings is 3. The minimum atomic E-state index is 0.638. The number of nitriles is 2. The molecule has 54 heavy (non-hydrogen) atoms. The van der Waals surface area contributed by atoms with Crippen molar-refractivity contribution in [3.05, 3.63) is 125 Å². The molecule has 0 bridgehead atoms. The fourth-order valence-corrected chi connectivity index (χ4v) is 4.51. The van der Waals surface area contributed by atoms with Crippen molar-refractivity contribution in [3.63, 3.8) is 0 Å². The summed E-state index contributed by atoms with van der Waals surface area (Å²) in [6.45, 7) is 7.48. The van der Waals surface area contributed by atoms with Crippen molar-refractivity contribution < 1.29 is 0 Å². The molecule has 0 unspecified atom stereocenters. The van der Waals surface area contributed by atoms with E-state index in [1.807, 2.05) is 106 Å². The normalized spacial score (nSPS) is 9.20. The zero-order valence-electron chi connectivity index (χ0n) is 30.6. The summed E-state index contributed by atoms with van der Waals surface area (Å²) in [5, 5.41) is 53.9. The molecule has 0 aliphatic rings. The van der Waals surface area contributed by atoms with Crippen LogP contribution in [0.3, 0.4) is 0 Å². The summed E-state index contributed by atoms with van der Waals surface area (Å²) in [4.78, 5) is 2.91. The quantitative estimate of drug-likeness (QED) is 0.109. The molecule has 0 saturated carbocycles. The molecule has 0 aliphatic heterocycles. The molecular formula is C36H38BBrN15S. The van der Waals surface area contributed by atoms with Crippen molar-refractivity contribution in [1.82, 2.24) is 61.0 Å². The Morgan fingerprint density at radius 2 is 1.17 bits per heavy atom. The molecule has 0 atom stereocenters. The molecule has 0 spiro atoms. The second-order valence-corrected chi connectivity index (χ2v) is 11.6. The van der Waals surface area contributed by atoms with E-state index < -0.39 is 0 Å². The van der Waals surface area contributed by atoms with E-state index in [2.05, 4.69) is 104 Å². The second kappa shape index (κ2) is 24.9. The van der Waals surface area contributed by atoms with Gasteiger partial charge in [-0.2, -0.15) is 25.3 Å². The number of thiol groups is 1. The summed E-state index contributed by atoms with van der Waals surface area (Å²) in [7, 11) is 7.85. The first kappa shape index (κ1) is 43.9. The molecule has 7 aromatic rings. The van der Waals surface area contributed by atoms with Crippen LogP contribution in [0.4, 0.5) is 0 Å². The van der Waals surface area contributed by atoms with E-state index in [1.165, 1.54) is 33.2 Å². The molecule has 1 N–H and O–H groups in total. The summed E-state index contributed by atoms with van der Waals surface area (Å²) in [5.41, 5.74) is 8.45. The van der Waals surface area contributed by atoms with Gasteiger partial charge in [-0.1, -0.05) is 93.8 Å². The fraction of sp³-hybridized carbons (Fsp3) is 0.194. The molecule has 15 nitrogen and oxygen atoms in total. The number of nitrogens with one attached hydrogen (secondary N) is 1. The Morgan fingerprint density at radius 1 is 0.722 bits per heavy atom. The number of aryl methyl sites for hydroxylation is 5. The number of benzene rings is 4. The Balaban J connectivity index is 0.000000239. The Hall–Kier alpha value is -6.24. The molecule has 4 aromatic carbocycles. The van der Waals surface area contributed by atoms with Crippen LogP contribution in [0.5, 0.6) is 0 Å². The van der Waals surface area contributed by atoms with Crippen LogP contribution in [0, 0.1) is 43.4 Å². The topological polar surface area (TPSA) is 202 Å². The van der Waals surface area contributed by atoms with Crippen molar-refractivity contribution >= 4 is 36.4 Å². The van der Waals surface area contributed by atoms with Gasteiger partial charge in [0, 0.05) is 28.9 Å². The number of aromatic amines is 1. The number of aromatic nitrogens is 12. The molecule has 0 saturated heterocycles. The van der Waals surface area contributed by atoms with Gasteiger partial charge in [0.1, 0.15) is 0 Å². The van der Waals surface area contributed by atoms with Crippen LogP contribution in [-0.4, -0.2) is 68.7 Å². The summed E-state index contributed by atoms with van der Waals surface area (Å²) < 4.78 is 2.69. The fourth-order valence-electron chi connectivity index (χ4n) is 4.16. The molecule has 18 heteroatoms. The standard InChI is InChI=1S/C9H9BrN4.C9H10N4.C8H8N4.C8H7N.C2H3N.BHNS/c1-14-12-9(11-13-14)8-4-2-3-7(5-8)6-10;1-7-4-3-5-8(6-7)9-10-12-13(2)11-9;1-6-3-2-4-7(5-6)8-9-11-12-10-8;1-7-3-2-4-8(5-7)6-9;2*1-2-3/h2-5H,6H2,1H3;3-6H,1-2H3;2-5H,1H3,(H,9,10,11,12);2-5H,1H3;1H3;3H. The molecule has 7 rings (SSSR count). The Morgan fingerprint density at radius 3 is 1.54 bits per heavy atom. The molecule has 0 fully saturated rings. The Labute approximate surface area is 329 Å². The number of hydrogen-bond donors (Lipinski definition) is 2. The zero-order chi connectivity index (χ0) is 39.7. The molecule has 3 aromatic heterocycles. The minimum absolute atomic E-state index is 0.638. The van der Waals surface area contributed by atoms with Crippen LogP contribution in [0.1, 0.15) is 34.7 Å². The third-order valence-electron chi connectivity index (χ3n) is 6.40. The predicted octanol–water partition coefficient (Wildman–Crippen LogP) is 6.71. The zero-order valence-corrected chi connectivity index (χ0v) is 33.1. The SMILES string of the molecule is CC#N.Cc1cccc(-c2nn[nH]n2)c1.Cc1cccc(-c2nnn(C)n2)c1.Cc1cccc(C#N)c1.Cn1nnc(-c2cccc(CBr)c2)n1.[B]=NS. The maximum absolute atomic E-state index is 8.41. The first-order valence-electron chi connectivity index (χ1n) is 15.9. The van der Waals surface area contributed by atoms with Crippen LogP contribution in [0.15, 0.2) is 101 Å². The van der Waals surface area contributed by atoms with Gasteiger partial charge in [-0.25, -0.2) is 0 Å². The first-order chi connectivity index (χ1) is 26.1. The molecule has 0 amide bonds. The van der Waals surface area contributed by atoms with Gasteiger partial charge in [-0.3, -0.25) is 0 Å². The van der Waals surface area contributed by atoms with Crippen molar-refractivity contribution in [2.75, 3.05) is 0 Å². The first-order valence-corrected chi connectivity index (χ1v) is 17.4. The molecule has 3 heterocycles. The van der Waals surface area contributed by atoms with Crippen LogP contribution in [0.2, 0.25) is 0 Å². The number of nitrogens with zero attached hydrogens (tertiary/aromatic N) is 14. The predicted molar refractivity (Wildman–Crippen MR) is 215 cm³/mol. The van der Waals surface area contributed by atoms with Gasteiger partial charge in [-0.05, 0) is 77.9 Å².